The Labute approximate surface area is 128 Å². The number of rotatable bonds is 2. The number of nitrogens with one attached hydrogen (secondary N) is 1. The van der Waals surface area contributed by atoms with Crippen LogP contribution in [0.2, 0.25) is 0 Å². The van der Waals surface area contributed by atoms with Crippen molar-refractivity contribution in [1.82, 2.24) is 5.32 Å². The molecular weight excluding hydrogens is 341 g/mol. The maximum atomic E-state index is 10.0. The molecule has 0 heterocycles. The first-order chi connectivity index (χ1) is 7.73. The Bertz CT molecular complexity index is 288. The summed E-state index contributed by atoms with van der Waals surface area (Å²) >= 11 is 0. The summed E-state index contributed by atoms with van der Waals surface area (Å²) in [5.41, 5.74) is 5.66. The Morgan fingerprint density at radius 1 is 1.44 bits per heavy atom. The Hall–Kier alpha value is -0.0400. The molecule has 2 atom stereocenters. The zero-order valence-electron chi connectivity index (χ0n) is 12.0. The first-order valence-electron chi connectivity index (χ1n) is 6.49. The van der Waals surface area contributed by atoms with Crippen molar-refractivity contribution in [2.75, 3.05) is 6.54 Å². The molecule has 4 nitrogen and oxygen atoms in total. The van der Waals surface area contributed by atoms with Crippen LogP contribution in [0.1, 0.15) is 53.4 Å². The number of nitrogens with zero attached hydrogens (tertiary/aromatic N) is 1. The molecule has 2 unspecified atom stereocenters. The van der Waals surface area contributed by atoms with E-state index in [2.05, 4.69) is 17.2 Å². The summed E-state index contributed by atoms with van der Waals surface area (Å²) in [5, 5.41) is 13.2. The van der Waals surface area contributed by atoms with Crippen molar-refractivity contribution in [3.63, 3.8) is 0 Å². The van der Waals surface area contributed by atoms with Crippen LogP contribution in [-0.4, -0.2) is 29.3 Å². The lowest BCUT2D eigenvalue weighted by Gasteiger charge is -2.37. The summed E-state index contributed by atoms with van der Waals surface area (Å²) in [5.74, 6) is 0.469. The molecule has 1 fully saturated rings. The second-order valence-corrected chi connectivity index (χ2v) is 6.49. The minimum absolute atomic E-state index is 0. The third-order valence-corrected chi connectivity index (χ3v) is 3.39. The van der Waals surface area contributed by atoms with E-state index in [9.17, 15) is 5.11 Å². The van der Waals surface area contributed by atoms with Crippen molar-refractivity contribution in [1.29, 1.82) is 0 Å². The van der Waals surface area contributed by atoms with Crippen molar-refractivity contribution in [3.05, 3.63) is 0 Å². The van der Waals surface area contributed by atoms with Crippen molar-refractivity contribution in [2.24, 2.45) is 16.1 Å². The standard InChI is InChI=1S/C13H27N3O.HI/c1-12(2,3)16-11(14)15-9-13(4)8-6-5-7-10(13)17;/h10,17H,5-9H2,1-4H3,(H3,14,15,16);1H. The number of guanidine groups is 1. The SMILES string of the molecule is CC(C)(C)NC(N)=NCC1(C)CCCCC1O.I. The van der Waals surface area contributed by atoms with E-state index >= 15 is 0 Å². The van der Waals surface area contributed by atoms with Gasteiger partial charge in [-0.15, -0.1) is 24.0 Å². The lowest BCUT2D eigenvalue weighted by molar-refractivity contribution is 0.00718. The lowest BCUT2D eigenvalue weighted by atomic mass is 9.73. The molecular formula is C13H28IN3O. The van der Waals surface area contributed by atoms with Crippen LogP contribution in [-0.2, 0) is 0 Å². The number of aliphatic hydroxyl groups is 1. The Morgan fingerprint density at radius 2 is 2.06 bits per heavy atom. The molecule has 108 valence electrons. The fraction of sp³-hybridized carbons (Fsp3) is 0.923. The van der Waals surface area contributed by atoms with Crippen LogP contribution in [0.25, 0.3) is 0 Å². The van der Waals surface area contributed by atoms with Gasteiger partial charge in [-0.1, -0.05) is 19.8 Å². The molecule has 1 saturated carbocycles. The molecule has 0 spiro atoms. The summed E-state index contributed by atoms with van der Waals surface area (Å²) in [6.07, 6.45) is 3.97. The Kier molecular flexibility index (Phi) is 6.92. The third kappa shape index (κ3) is 5.73. The topological polar surface area (TPSA) is 70.6 Å². The highest BCUT2D eigenvalue weighted by Crippen LogP contribution is 2.36. The van der Waals surface area contributed by atoms with Gasteiger partial charge in [-0.2, -0.15) is 0 Å². The number of hydrogen-bond donors (Lipinski definition) is 3. The molecule has 5 heteroatoms. The molecule has 0 radical (unpaired) electrons. The van der Waals surface area contributed by atoms with Gasteiger partial charge in [-0.25, -0.2) is 0 Å². The van der Waals surface area contributed by atoms with E-state index in [0.717, 1.165) is 19.3 Å². The van der Waals surface area contributed by atoms with Gasteiger partial charge in [0.15, 0.2) is 5.96 Å². The van der Waals surface area contributed by atoms with Gasteiger partial charge in [-0.3, -0.25) is 4.99 Å². The van der Waals surface area contributed by atoms with E-state index in [-0.39, 0.29) is 41.0 Å². The molecule has 0 amide bonds. The molecule has 18 heavy (non-hydrogen) atoms. The fourth-order valence-corrected chi connectivity index (χ4v) is 2.26. The number of nitrogens with two attached hydrogens (primary N) is 1. The zero-order chi connectivity index (χ0) is 13.1. The largest absolute Gasteiger partial charge is 0.392 e. The molecule has 1 aliphatic carbocycles. The predicted molar refractivity (Wildman–Crippen MR) is 87.4 cm³/mol. The van der Waals surface area contributed by atoms with E-state index in [1.807, 2.05) is 20.8 Å². The summed E-state index contributed by atoms with van der Waals surface area (Å²) < 4.78 is 0. The number of halogens is 1. The number of aliphatic hydroxyl groups excluding tert-OH is 1. The van der Waals surface area contributed by atoms with Crippen molar-refractivity contribution >= 4 is 29.9 Å². The van der Waals surface area contributed by atoms with Gasteiger partial charge in [0.2, 0.25) is 0 Å². The highest BCUT2D eigenvalue weighted by molar-refractivity contribution is 14.0. The van der Waals surface area contributed by atoms with Gasteiger partial charge in [0.05, 0.1) is 12.6 Å². The summed E-state index contributed by atoms with van der Waals surface area (Å²) in [7, 11) is 0. The van der Waals surface area contributed by atoms with E-state index in [1.165, 1.54) is 6.42 Å². The summed E-state index contributed by atoms with van der Waals surface area (Å²) in [6.45, 7) is 8.85. The van der Waals surface area contributed by atoms with Crippen LogP contribution in [0.3, 0.4) is 0 Å². The molecule has 0 saturated heterocycles. The van der Waals surface area contributed by atoms with Crippen LogP contribution in [0.4, 0.5) is 0 Å². The Morgan fingerprint density at radius 3 is 2.56 bits per heavy atom. The summed E-state index contributed by atoms with van der Waals surface area (Å²) in [6, 6.07) is 0. The van der Waals surface area contributed by atoms with Gasteiger partial charge >= 0.3 is 0 Å². The highest BCUT2D eigenvalue weighted by atomic mass is 127. The van der Waals surface area contributed by atoms with Crippen LogP contribution in [0.5, 0.6) is 0 Å². The van der Waals surface area contributed by atoms with E-state index in [1.54, 1.807) is 0 Å². The molecule has 0 aromatic heterocycles. The van der Waals surface area contributed by atoms with Gasteiger partial charge in [0, 0.05) is 11.0 Å². The maximum absolute atomic E-state index is 10.0. The normalized spacial score (nSPS) is 29.6. The number of hydrogen-bond acceptors (Lipinski definition) is 2. The summed E-state index contributed by atoms with van der Waals surface area (Å²) in [4.78, 5) is 4.38. The van der Waals surface area contributed by atoms with Gasteiger partial charge < -0.3 is 16.2 Å². The van der Waals surface area contributed by atoms with Crippen LogP contribution in [0.15, 0.2) is 4.99 Å². The molecule has 0 aromatic rings. The van der Waals surface area contributed by atoms with E-state index in [0.29, 0.717) is 12.5 Å². The zero-order valence-corrected chi connectivity index (χ0v) is 14.3. The molecule has 1 aliphatic rings. The average Bonchev–Trinajstić information content (AvgIpc) is 2.18. The first-order valence-corrected chi connectivity index (χ1v) is 6.49. The molecule has 0 aromatic carbocycles. The smallest absolute Gasteiger partial charge is 0.189 e. The second kappa shape index (κ2) is 6.93. The monoisotopic (exact) mass is 369 g/mol. The third-order valence-electron chi connectivity index (χ3n) is 3.39. The molecule has 1 rings (SSSR count). The minimum atomic E-state index is -0.248. The Balaban J connectivity index is 0.00000289. The quantitative estimate of drug-likeness (QED) is 0.397. The lowest BCUT2D eigenvalue weighted by Crippen LogP contribution is -2.46. The molecule has 0 aliphatic heterocycles. The number of aliphatic imine (C=N–C) groups is 1. The van der Waals surface area contributed by atoms with Crippen LogP contribution in [0, 0.1) is 5.41 Å². The fourth-order valence-electron chi connectivity index (χ4n) is 2.26. The minimum Gasteiger partial charge on any atom is -0.392 e. The van der Waals surface area contributed by atoms with E-state index in [4.69, 9.17) is 5.73 Å². The van der Waals surface area contributed by atoms with Gasteiger partial charge in [0.25, 0.3) is 0 Å². The second-order valence-electron chi connectivity index (χ2n) is 6.49. The van der Waals surface area contributed by atoms with Crippen LogP contribution >= 0.6 is 24.0 Å². The predicted octanol–water partition coefficient (Wildman–Crippen LogP) is 2.25. The van der Waals surface area contributed by atoms with Gasteiger partial charge in [0.1, 0.15) is 0 Å². The first kappa shape index (κ1) is 18.0. The van der Waals surface area contributed by atoms with Crippen LogP contribution < -0.4 is 11.1 Å². The molecule has 0 bridgehead atoms. The van der Waals surface area contributed by atoms with E-state index < -0.39 is 0 Å². The van der Waals surface area contributed by atoms with Crippen molar-refractivity contribution < 1.29 is 5.11 Å². The van der Waals surface area contributed by atoms with Crippen molar-refractivity contribution in [2.45, 2.75) is 65.0 Å². The van der Waals surface area contributed by atoms with Gasteiger partial charge in [-0.05, 0) is 33.6 Å². The highest BCUT2D eigenvalue weighted by Gasteiger charge is 2.35. The maximum Gasteiger partial charge on any atom is 0.189 e. The van der Waals surface area contributed by atoms with Crippen molar-refractivity contribution in [3.8, 4) is 0 Å². The average molecular weight is 369 g/mol. The molecule has 4 N–H and O–H groups in total.